The molecular weight excluding hydrogens is 471 g/mol. The van der Waals surface area contributed by atoms with Crippen LogP contribution in [0.1, 0.15) is 49.3 Å². The van der Waals surface area contributed by atoms with Gasteiger partial charge in [-0.05, 0) is 62.9 Å². The highest BCUT2D eigenvalue weighted by atomic mass is 35.5. The molecule has 186 valence electrons. The Balaban J connectivity index is 1.24. The van der Waals surface area contributed by atoms with Crippen LogP contribution in [0.2, 0.25) is 5.15 Å². The van der Waals surface area contributed by atoms with E-state index in [0.29, 0.717) is 49.0 Å². The second-order valence-corrected chi connectivity index (χ2v) is 10.7. The monoisotopic (exact) mass is 500 g/mol. The summed E-state index contributed by atoms with van der Waals surface area (Å²) in [7, 11) is 0. The number of benzene rings is 1. The van der Waals surface area contributed by atoms with Crippen molar-refractivity contribution in [2.45, 2.75) is 62.9 Å². The van der Waals surface area contributed by atoms with E-state index in [1.165, 1.54) is 0 Å². The lowest BCUT2D eigenvalue weighted by atomic mass is 9.82. The number of nitrogens with zero attached hydrogens (tertiary/aromatic N) is 5. The van der Waals surface area contributed by atoms with Crippen molar-refractivity contribution >= 4 is 34.1 Å². The largest absolute Gasteiger partial charge is 0.389 e. The molecule has 4 atom stereocenters. The Labute approximate surface area is 208 Å². The number of likely N-dealkylation sites (tertiary alicyclic amines) is 1. The zero-order valence-electron chi connectivity index (χ0n) is 19.9. The number of hydrogen-bond acceptors (Lipinski definition) is 7. The van der Waals surface area contributed by atoms with Crippen molar-refractivity contribution in [1.82, 2.24) is 24.6 Å². The molecule has 2 saturated heterocycles. The fourth-order valence-electron chi connectivity index (χ4n) is 5.47. The lowest BCUT2D eigenvalue weighted by molar-refractivity contribution is -0.0238. The van der Waals surface area contributed by atoms with Gasteiger partial charge >= 0.3 is 0 Å². The van der Waals surface area contributed by atoms with Crippen molar-refractivity contribution in [3.8, 4) is 0 Å². The van der Waals surface area contributed by atoms with E-state index in [0.717, 1.165) is 34.9 Å². The van der Waals surface area contributed by atoms with Crippen LogP contribution in [0.4, 0.5) is 16.0 Å². The van der Waals surface area contributed by atoms with Gasteiger partial charge in [0.05, 0.1) is 48.3 Å². The fourth-order valence-corrected chi connectivity index (χ4v) is 5.75. The molecule has 3 aliphatic rings. The molecule has 1 aromatic carbocycles. The standard InChI is InChI=1S/C25H30ClFN6O2/c1-14-7-15-9-28-24(31-21-10-29-33(23(21)26)16-3-4-16)30-20(15)8-18(14)17-5-6-32(11-19(17)27)25(2)13-35-12-22(25)34/h7-10,16-17,19,22,34H,3-6,11-13H2,1-2H3,(H,28,30,31)/t17-,19?,22+,25?/m0/s1. The van der Waals surface area contributed by atoms with E-state index in [1.807, 2.05) is 30.7 Å². The molecule has 0 radical (unpaired) electrons. The number of alkyl halides is 1. The number of rotatable bonds is 5. The van der Waals surface area contributed by atoms with E-state index >= 15 is 4.39 Å². The molecule has 2 aliphatic heterocycles. The number of ether oxygens (including phenoxy) is 1. The average Bonchev–Trinajstić information content (AvgIpc) is 3.54. The third-order valence-corrected chi connectivity index (χ3v) is 8.27. The van der Waals surface area contributed by atoms with Crippen LogP contribution >= 0.6 is 11.6 Å². The van der Waals surface area contributed by atoms with Crippen LogP contribution in [0.25, 0.3) is 10.9 Å². The summed E-state index contributed by atoms with van der Waals surface area (Å²) in [5, 5.41) is 19.4. The van der Waals surface area contributed by atoms with E-state index in [-0.39, 0.29) is 12.5 Å². The summed E-state index contributed by atoms with van der Waals surface area (Å²) in [4.78, 5) is 11.2. The Bertz CT molecular complexity index is 1270. The van der Waals surface area contributed by atoms with E-state index in [1.54, 1.807) is 12.4 Å². The Kier molecular flexibility index (Phi) is 5.71. The number of halogens is 2. The number of hydrogen-bond donors (Lipinski definition) is 2. The first kappa shape index (κ1) is 23.1. The molecule has 1 aliphatic carbocycles. The van der Waals surface area contributed by atoms with Crippen molar-refractivity contribution in [2.24, 2.45) is 0 Å². The summed E-state index contributed by atoms with van der Waals surface area (Å²) in [6, 6.07) is 4.41. The number of aliphatic hydroxyl groups is 1. The predicted octanol–water partition coefficient (Wildman–Crippen LogP) is 4.14. The van der Waals surface area contributed by atoms with E-state index in [2.05, 4.69) is 20.3 Å². The quantitative estimate of drug-likeness (QED) is 0.544. The summed E-state index contributed by atoms with van der Waals surface area (Å²) in [5.74, 6) is 0.204. The van der Waals surface area contributed by atoms with E-state index < -0.39 is 17.8 Å². The molecule has 0 amide bonds. The summed E-state index contributed by atoms with van der Waals surface area (Å²) < 4.78 is 22.9. The molecule has 2 N–H and O–H groups in total. The van der Waals surface area contributed by atoms with Gasteiger partial charge in [-0.25, -0.2) is 19.0 Å². The van der Waals surface area contributed by atoms with Crippen LogP contribution in [-0.4, -0.2) is 73.9 Å². The maximum Gasteiger partial charge on any atom is 0.227 e. The molecule has 1 saturated carbocycles. The summed E-state index contributed by atoms with van der Waals surface area (Å²) in [6.07, 6.45) is 4.69. The second kappa shape index (κ2) is 8.65. The number of fused-ring (bicyclic) bond motifs is 1. The van der Waals surface area contributed by atoms with Crippen LogP contribution in [0.5, 0.6) is 0 Å². The maximum absolute atomic E-state index is 15.6. The topological polar surface area (TPSA) is 88.3 Å². The summed E-state index contributed by atoms with van der Waals surface area (Å²) in [6.45, 7) is 5.70. The smallest absolute Gasteiger partial charge is 0.227 e. The third-order valence-electron chi connectivity index (χ3n) is 7.89. The van der Waals surface area contributed by atoms with Gasteiger partial charge in [-0.3, -0.25) is 4.90 Å². The second-order valence-electron chi connectivity index (χ2n) is 10.4. The SMILES string of the molecule is Cc1cc2cnc(Nc3cnn(C4CC4)c3Cl)nc2cc1[C@@H]1CCN(C2(C)COC[C@H]2O)CC1F. The molecule has 35 heavy (non-hydrogen) atoms. The van der Waals surface area contributed by atoms with Gasteiger partial charge in [0.1, 0.15) is 6.17 Å². The number of anilines is 2. The first-order chi connectivity index (χ1) is 16.8. The number of piperidine rings is 1. The van der Waals surface area contributed by atoms with Crippen molar-refractivity contribution in [2.75, 3.05) is 31.6 Å². The molecule has 2 aromatic heterocycles. The minimum Gasteiger partial charge on any atom is -0.389 e. The maximum atomic E-state index is 15.6. The Morgan fingerprint density at radius 1 is 1.26 bits per heavy atom. The zero-order valence-corrected chi connectivity index (χ0v) is 20.7. The van der Waals surface area contributed by atoms with Gasteiger partial charge in [-0.15, -0.1) is 0 Å². The molecule has 0 bridgehead atoms. The van der Waals surface area contributed by atoms with Gasteiger partial charge in [0.25, 0.3) is 0 Å². The van der Waals surface area contributed by atoms with Gasteiger partial charge in [-0.1, -0.05) is 11.6 Å². The lowest BCUT2D eigenvalue weighted by Crippen LogP contribution is -2.58. The molecular formula is C25H30ClFN6O2. The fraction of sp³-hybridized carbons (Fsp3) is 0.560. The van der Waals surface area contributed by atoms with Crippen molar-refractivity contribution < 1.29 is 14.2 Å². The molecule has 2 unspecified atom stereocenters. The first-order valence-corrected chi connectivity index (χ1v) is 12.6. The van der Waals surface area contributed by atoms with Crippen LogP contribution in [0.15, 0.2) is 24.5 Å². The molecule has 0 spiro atoms. The highest BCUT2D eigenvalue weighted by Crippen LogP contribution is 2.40. The minimum atomic E-state index is -1.05. The van der Waals surface area contributed by atoms with Crippen LogP contribution in [0, 0.1) is 6.92 Å². The van der Waals surface area contributed by atoms with E-state index in [9.17, 15) is 5.11 Å². The molecule has 4 heterocycles. The van der Waals surface area contributed by atoms with Crippen LogP contribution in [0.3, 0.4) is 0 Å². The van der Waals surface area contributed by atoms with Crippen molar-refractivity contribution in [3.05, 3.63) is 40.8 Å². The summed E-state index contributed by atoms with van der Waals surface area (Å²) >= 11 is 6.48. The number of nitrogens with one attached hydrogen (secondary N) is 1. The normalized spacial score (nSPS) is 29.7. The Hall–Kier alpha value is -2.33. The van der Waals surface area contributed by atoms with Gasteiger partial charge in [0.15, 0.2) is 5.15 Å². The van der Waals surface area contributed by atoms with Crippen molar-refractivity contribution in [1.29, 1.82) is 0 Å². The highest BCUT2D eigenvalue weighted by molar-refractivity contribution is 6.32. The number of aromatic nitrogens is 4. The molecule has 6 rings (SSSR count). The third kappa shape index (κ3) is 4.08. The Morgan fingerprint density at radius 2 is 2.09 bits per heavy atom. The van der Waals surface area contributed by atoms with Crippen LogP contribution in [-0.2, 0) is 4.74 Å². The zero-order chi connectivity index (χ0) is 24.3. The molecule has 3 aromatic rings. The molecule has 8 nitrogen and oxygen atoms in total. The van der Waals surface area contributed by atoms with Crippen LogP contribution < -0.4 is 5.32 Å². The molecule has 10 heteroatoms. The highest BCUT2D eigenvalue weighted by Gasteiger charge is 2.47. The number of aliphatic hydroxyl groups excluding tert-OH is 1. The average molecular weight is 501 g/mol. The lowest BCUT2D eigenvalue weighted by Gasteiger charge is -2.45. The van der Waals surface area contributed by atoms with E-state index in [4.69, 9.17) is 21.3 Å². The minimum absolute atomic E-state index is 0.226. The van der Waals surface area contributed by atoms with Gasteiger partial charge in [0.2, 0.25) is 5.95 Å². The van der Waals surface area contributed by atoms with Crippen molar-refractivity contribution in [3.63, 3.8) is 0 Å². The van der Waals surface area contributed by atoms with Gasteiger partial charge in [0, 0.05) is 24.0 Å². The predicted molar refractivity (Wildman–Crippen MR) is 132 cm³/mol. The van der Waals surface area contributed by atoms with Gasteiger partial charge < -0.3 is 15.2 Å². The molecule has 3 fully saturated rings. The Morgan fingerprint density at radius 3 is 2.80 bits per heavy atom. The van der Waals surface area contributed by atoms with Gasteiger partial charge in [-0.2, -0.15) is 5.10 Å². The summed E-state index contributed by atoms with van der Waals surface area (Å²) in [5.41, 5.74) is 2.91. The first-order valence-electron chi connectivity index (χ1n) is 12.3. The number of aryl methyl sites for hydroxylation is 1.